The highest BCUT2D eigenvalue weighted by Crippen LogP contribution is 2.40. The molecule has 4 aromatic heterocycles. The number of hydrogen-bond acceptors (Lipinski definition) is 5. The number of carbonyl (C=O) groups is 1. The molecule has 39 heavy (non-hydrogen) atoms. The number of aryl methyl sites for hydroxylation is 3. The maximum atomic E-state index is 13.7. The third kappa shape index (κ3) is 4.15. The first kappa shape index (κ1) is 25.1. The van der Waals surface area contributed by atoms with Gasteiger partial charge in [-0.15, -0.1) is 4.68 Å². The topological polar surface area (TPSA) is 101 Å². The number of nitrogens with one attached hydrogen (secondary N) is 1. The maximum absolute atomic E-state index is 13.7. The van der Waals surface area contributed by atoms with Crippen LogP contribution in [-0.4, -0.2) is 36.4 Å². The lowest BCUT2D eigenvalue weighted by molar-refractivity contribution is -0.750. The highest BCUT2D eigenvalue weighted by molar-refractivity contribution is 6.06. The van der Waals surface area contributed by atoms with Gasteiger partial charge in [0.15, 0.2) is 7.05 Å². The van der Waals surface area contributed by atoms with Crippen molar-refractivity contribution in [2.45, 2.75) is 39.8 Å². The summed E-state index contributed by atoms with van der Waals surface area (Å²) in [6, 6.07) is 5.63. The minimum atomic E-state index is -0.298. The fourth-order valence-corrected chi connectivity index (χ4v) is 6.04. The Hall–Kier alpha value is -4.18. The van der Waals surface area contributed by atoms with Crippen molar-refractivity contribution in [1.82, 2.24) is 18.8 Å². The van der Waals surface area contributed by atoms with E-state index in [9.17, 15) is 14.7 Å². The number of aliphatic hydroxyl groups is 1. The van der Waals surface area contributed by atoms with E-state index >= 15 is 0 Å². The van der Waals surface area contributed by atoms with E-state index in [1.54, 1.807) is 30.4 Å². The van der Waals surface area contributed by atoms with E-state index in [0.29, 0.717) is 35.9 Å². The number of amides is 1. The molecule has 4 aromatic rings. The zero-order valence-electron chi connectivity index (χ0n) is 23.0. The molecule has 0 saturated heterocycles. The van der Waals surface area contributed by atoms with Crippen molar-refractivity contribution in [3.05, 3.63) is 75.9 Å². The number of aliphatic hydroxyl groups excluding tert-OH is 1. The van der Waals surface area contributed by atoms with Crippen LogP contribution in [0.2, 0.25) is 0 Å². The van der Waals surface area contributed by atoms with E-state index in [4.69, 9.17) is 0 Å². The Bertz CT molecular complexity index is 1670. The molecule has 0 aromatic carbocycles. The largest absolute Gasteiger partial charge is 0.392 e. The van der Waals surface area contributed by atoms with Crippen LogP contribution in [0.1, 0.15) is 41.2 Å². The van der Waals surface area contributed by atoms with Crippen molar-refractivity contribution >= 4 is 23.1 Å². The van der Waals surface area contributed by atoms with Crippen LogP contribution in [0.5, 0.6) is 0 Å². The Morgan fingerprint density at radius 3 is 2.64 bits per heavy atom. The second kappa shape index (κ2) is 8.94. The van der Waals surface area contributed by atoms with E-state index in [2.05, 4.69) is 28.7 Å². The normalized spacial score (nSPS) is 15.9. The van der Waals surface area contributed by atoms with Crippen LogP contribution in [0.4, 0.5) is 17.2 Å². The summed E-state index contributed by atoms with van der Waals surface area (Å²) in [4.78, 5) is 32.9. The molecule has 0 saturated carbocycles. The van der Waals surface area contributed by atoms with Crippen molar-refractivity contribution in [1.29, 1.82) is 0 Å². The number of carbonyl (C=O) groups excluding carboxylic acids is 1. The lowest BCUT2D eigenvalue weighted by atomic mass is 9.90. The zero-order chi connectivity index (χ0) is 27.6. The van der Waals surface area contributed by atoms with E-state index < -0.39 is 0 Å². The van der Waals surface area contributed by atoms with Gasteiger partial charge < -0.3 is 19.6 Å². The number of nitrogens with zero attached hydrogens (tertiary/aromatic N) is 6. The predicted octanol–water partition coefficient (Wildman–Crippen LogP) is 2.43. The molecule has 6 rings (SSSR count). The fourth-order valence-electron chi connectivity index (χ4n) is 6.04. The molecule has 1 amide bonds. The van der Waals surface area contributed by atoms with Gasteiger partial charge in [-0.05, 0) is 47.6 Å². The zero-order valence-corrected chi connectivity index (χ0v) is 23.0. The monoisotopic (exact) mass is 528 g/mol. The summed E-state index contributed by atoms with van der Waals surface area (Å²) in [6.45, 7) is 5.39. The molecular weight excluding hydrogens is 494 g/mol. The number of rotatable bonds is 5. The minimum absolute atomic E-state index is 0.104. The third-order valence-electron chi connectivity index (χ3n) is 7.99. The molecule has 10 nitrogen and oxygen atoms in total. The SMILES string of the molecule is Cn1cc(-c2ccnc(N3CCn4c(cc5c4CC(C)(C)C5)C3=O)c2CO)cc(Nc2cn(C)[n+](C)c2)c1=O. The van der Waals surface area contributed by atoms with Crippen LogP contribution >= 0.6 is 0 Å². The number of anilines is 3. The molecule has 0 unspecified atom stereocenters. The standard InChI is InChI=1S/C29H34N7O3/c1-29(2)12-18-11-24-28(39)36(9-8-35(24)25(18)13-29)26-22(17-37)21(6-7-30-26)19-10-23(27(38)32(3)14-19)31-20-15-33(4)34(5)16-20/h6-7,10-11,14-16,31,37H,8-9,12-13,17H2,1-5H3/q+1. The third-order valence-corrected chi connectivity index (χ3v) is 7.99. The van der Waals surface area contributed by atoms with Gasteiger partial charge in [0.25, 0.3) is 11.5 Å². The molecule has 202 valence electrons. The molecule has 10 heteroatoms. The fraction of sp³-hybridized carbons (Fsp3) is 0.379. The number of fused-ring (bicyclic) bond motifs is 3. The van der Waals surface area contributed by atoms with Crippen molar-refractivity contribution in [2.24, 2.45) is 26.6 Å². The van der Waals surface area contributed by atoms with Crippen molar-refractivity contribution in [3.63, 3.8) is 0 Å². The highest BCUT2D eigenvalue weighted by atomic mass is 16.3. The lowest BCUT2D eigenvalue weighted by Gasteiger charge is -2.31. The van der Waals surface area contributed by atoms with Gasteiger partial charge in [0.2, 0.25) is 6.20 Å². The molecule has 0 radical (unpaired) electrons. The van der Waals surface area contributed by atoms with Gasteiger partial charge in [-0.25, -0.2) is 4.98 Å². The van der Waals surface area contributed by atoms with Crippen molar-refractivity contribution in [2.75, 3.05) is 16.8 Å². The molecule has 0 spiro atoms. The summed E-state index contributed by atoms with van der Waals surface area (Å²) < 4.78 is 7.48. The van der Waals surface area contributed by atoms with E-state index in [0.717, 1.165) is 29.7 Å². The second-order valence-corrected chi connectivity index (χ2v) is 11.5. The Kier molecular flexibility index (Phi) is 5.76. The molecule has 0 atom stereocenters. The van der Waals surface area contributed by atoms with Crippen LogP contribution in [0.25, 0.3) is 11.1 Å². The minimum Gasteiger partial charge on any atom is -0.392 e. The van der Waals surface area contributed by atoms with E-state index in [1.165, 1.54) is 15.8 Å². The van der Waals surface area contributed by atoms with Crippen LogP contribution in [0.15, 0.2) is 47.8 Å². The first-order valence-electron chi connectivity index (χ1n) is 13.2. The van der Waals surface area contributed by atoms with Crippen LogP contribution in [0.3, 0.4) is 0 Å². The predicted molar refractivity (Wildman–Crippen MR) is 148 cm³/mol. The first-order chi connectivity index (χ1) is 18.6. The lowest BCUT2D eigenvalue weighted by Crippen LogP contribution is -2.41. The molecule has 2 N–H and O–H groups in total. The molecule has 1 aliphatic carbocycles. The van der Waals surface area contributed by atoms with Gasteiger partial charge in [0.1, 0.15) is 22.9 Å². The molecular formula is C29H34N7O3+. The second-order valence-electron chi connectivity index (χ2n) is 11.5. The Balaban J connectivity index is 1.38. The van der Waals surface area contributed by atoms with Gasteiger partial charge in [-0.1, -0.05) is 13.8 Å². The van der Waals surface area contributed by atoms with Gasteiger partial charge in [0.05, 0.1) is 19.9 Å². The van der Waals surface area contributed by atoms with Crippen molar-refractivity contribution < 1.29 is 14.6 Å². The quantitative estimate of drug-likeness (QED) is 0.388. The molecule has 2 aliphatic rings. The number of pyridine rings is 2. The summed E-state index contributed by atoms with van der Waals surface area (Å²) in [5.41, 5.74) is 6.45. The highest BCUT2D eigenvalue weighted by Gasteiger charge is 2.37. The van der Waals surface area contributed by atoms with Crippen LogP contribution < -0.4 is 20.5 Å². The molecule has 1 aliphatic heterocycles. The summed E-state index contributed by atoms with van der Waals surface area (Å²) >= 11 is 0. The van der Waals surface area contributed by atoms with Crippen LogP contribution in [0, 0.1) is 5.41 Å². The average molecular weight is 529 g/mol. The summed E-state index contributed by atoms with van der Waals surface area (Å²) in [5.74, 6) is 0.346. The van der Waals surface area contributed by atoms with Crippen molar-refractivity contribution in [3.8, 4) is 11.1 Å². The van der Waals surface area contributed by atoms with Gasteiger partial charge >= 0.3 is 0 Å². The summed E-state index contributed by atoms with van der Waals surface area (Å²) in [7, 11) is 5.53. The Labute approximate surface area is 226 Å². The van der Waals surface area contributed by atoms with Gasteiger partial charge in [-0.2, -0.15) is 4.68 Å². The summed E-state index contributed by atoms with van der Waals surface area (Å²) in [5, 5.41) is 13.7. The number of hydrogen-bond donors (Lipinski definition) is 2. The summed E-state index contributed by atoms with van der Waals surface area (Å²) in [6.07, 6.45) is 9.12. The number of aromatic nitrogens is 5. The maximum Gasteiger partial charge on any atom is 0.276 e. The molecule has 0 bridgehead atoms. The van der Waals surface area contributed by atoms with Crippen LogP contribution in [-0.2, 0) is 47.1 Å². The van der Waals surface area contributed by atoms with E-state index in [-0.39, 0.29) is 23.5 Å². The van der Waals surface area contributed by atoms with Gasteiger partial charge in [0, 0.05) is 49.4 Å². The average Bonchev–Trinajstić information content (AvgIpc) is 3.50. The Morgan fingerprint density at radius 2 is 1.92 bits per heavy atom. The molecule has 0 fully saturated rings. The van der Waals surface area contributed by atoms with E-state index in [1.807, 2.05) is 48.0 Å². The first-order valence-corrected chi connectivity index (χ1v) is 13.2. The molecule has 5 heterocycles. The Morgan fingerprint density at radius 1 is 1.13 bits per heavy atom. The van der Waals surface area contributed by atoms with Gasteiger partial charge in [-0.3, -0.25) is 14.5 Å². The smallest absolute Gasteiger partial charge is 0.276 e.